The van der Waals surface area contributed by atoms with Crippen LogP contribution in [0.4, 0.5) is 11.4 Å². The number of nitrogens with one attached hydrogen (secondary N) is 1. The van der Waals surface area contributed by atoms with Crippen LogP contribution in [0, 0.1) is 21.4 Å². The molecule has 6 nitrogen and oxygen atoms in total. The van der Waals surface area contributed by atoms with Gasteiger partial charge in [0.15, 0.2) is 0 Å². The Labute approximate surface area is 115 Å². The Bertz CT molecular complexity index is 675. The van der Waals surface area contributed by atoms with Gasteiger partial charge in [-0.2, -0.15) is 5.26 Å². The Kier molecular flexibility index (Phi) is 3.82. The zero-order valence-electron chi connectivity index (χ0n) is 10.4. The van der Waals surface area contributed by atoms with Crippen LogP contribution in [0.2, 0.25) is 0 Å². The van der Waals surface area contributed by atoms with Crippen molar-refractivity contribution < 1.29 is 10.0 Å². The van der Waals surface area contributed by atoms with Crippen LogP contribution in [0.25, 0.3) is 0 Å². The number of nitriles is 1. The van der Waals surface area contributed by atoms with Crippen molar-refractivity contribution >= 4 is 11.4 Å². The van der Waals surface area contributed by atoms with Gasteiger partial charge in [0.2, 0.25) is 0 Å². The number of nitro benzene ring substituents is 1. The Morgan fingerprint density at radius 2 is 1.95 bits per heavy atom. The van der Waals surface area contributed by atoms with E-state index in [-0.39, 0.29) is 17.0 Å². The van der Waals surface area contributed by atoms with E-state index < -0.39 is 4.92 Å². The summed E-state index contributed by atoms with van der Waals surface area (Å²) in [5, 5.41) is 31.9. The highest BCUT2D eigenvalue weighted by Crippen LogP contribution is 2.22. The van der Waals surface area contributed by atoms with Crippen molar-refractivity contribution in [1.82, 2.24) is 0 Å². The van der Waals surface area contributed by atoms with E-state index in [1.165, 1.54) is 18.2 Å². The molecule has 2 N–H and O–H groups in total. The number of aromatic hydroxyl groups is 1. The van der Waals surface area contributed by atoms with E-state index >= 15 is 0 Å². The van der Waals surface area contributed by atoms with Gasteiger partial charge in [-0.1, -0.05) is 12.1 Å². The van der Waals surface area contributed by atoms with Crippen molar-refractivity contribution in [2.75, 3.05) is 5.32 Å². The molecule has 0 bridgehead atoms. The summed E-state index contributed by atoms with van der Waals surface area (Å²) in [6, 6.07) is 12.7. The average Bonchev–Trinajstić information content (AvgIpc) is 2.46. The molecule has 6 heteroatoms. The van der Waals surface area contributed by atoms with Gasteiger partial charge in [0, 0.05) is 18.7 Å². The topological polar surface area (TPSA) is 99.2 Å². The molecule has 100 valence electrons. The molecule has 0 atom stereocenters. The molecule has 0 aromatic heterocycles. The highest BCUT2D eigenvalue weighted by molar-refractivity contribution is 5.61. The summed E-state index contributed by atoms with van der Waals surface area (Å²) >= 11 is 0. The lowest BCUT2D eigenvalue weighted by Crippen LogP contribution is -2.01. The van der Waals surface area contributed by atoms with Gasteiger partial charge in [-0.25, -0.2) is 0 Å². The monoisotopic (exact) mass is 269 g/mol. The number of anilines is 1. The van der Waals surface area contributed by atoms with Gasteiger partial charge in [-0.3, -0.25) is 10.1 Å². The van der Waals surface area contributed by atoms with Crippen LogP contribution in [0.1, 0.15) is 11.1 Å². The number of non-ortho nitro benzene ring substituents is 1. The summed E-state index contributed by atoms with van der Waals surface area (Å²) < 4.78 is 0. The SMILES string of the molecule is N#Cc1cc([N+](=O)[O-])ccc1NCc1ccc(O)cc1. The van der Waals surface area contributed by atoms with Crippen molar-refractivity contribution in [3.05, 3.63) is 63.7 Å². The molecule has 0 fully saturated rings. The largest absolute Gasteiger partial charge is 0.508 e. The number of benzene rings is 2. The van der Waals surface area contributed by atoms with Gasteiger partial charge in [0.1, 0.15) is 11.8 Å². The number of hydrogen-bond acceptors (Lipinski definition) is 5. The van der Waals surface area contributed by atoms with Crippen LogP contribution in [0.5, 0.6) is 5.75 Å². The third-order valence-corrected chi connectivity index (χ3v) is 2.75. The second kappa shape index (κ2) is 5.71. The highest BCUT2D eigenvalue weighted by atomic mass is 16.6. The maximum absolute atomic E-state index is 10.6. The zero-order chi connectivity index (χ0) is 14.5. The summed E-state index contributed by atoms with van der Waals surface area (Å²) in [6.45, 7) is 0.451. The van der Waals surface area contributed by atoms with Crippen LogP contribution in [-0.4, -0.2) is 10.0 Å². The van der Waals surface area contributed by atoms with E-state index in [2.05, 4.69) is 5.32 Å². The van der Waals surface area contributed by atoms with Gasteiger partial charge in [0.25, 0.3) is 5.69 Å². The Balaban J connectivity index is 2.15. The van der Waals surface area contributed by atoms with Crippen LogP contribution >= 0.6 is 0 Å². The molecule has 20 heavy (non-hydrogen) atoms. The minimum Gasteiger partial charge on any atom is -0.508 e. The maximum atomic E-state index is 10.6. The van der Waals surface area contributed by atoms with Crippen molar-refractivity contribution in [2.45, 2.75) is 6.54 Å². The van der Waals surface area contributed by atoms with Crippen LogP contribution in [-0.2, 0) is 6.54 Å². The first-order valence-electron chi connectivity index (χ1n) is 5.80. The molecule has 2 rings (SSSR count). The van der Waals surface area contributed by atoms with E-state index in [9.17, 15) is 15.2 Å². The van der Waals surface area contributed by atoms with E-state index in [0.29, 0.717) is 12.2 Å². The van der Waals surface area contributed by atoms with Crippen molar-refractivity contribution in [1.29, 1.82) is 5.26 Å². The summed E-state index contributed by atoms with van der Waals surface area (Å²) in [7, 11) is 0. The summed E-state index contributed by atoms with van der Waals surface area (Å²) in [6.07, 6.45) is 0. The van der Waals surface area contributed by atoms with Crippen LogP contribution in [0.3, 0.4) is 0 Å². The second-order valence-corrected chi connectivity index (χ2v) is 4.12. The molecule has 0 radical (unpaired) electrons. The lowest BCUT2D eigenvalue weighted by Gasteiger charge is -2.08. The van der Waals surface area contributed by atoms with Gasteiger partial charge in [-0.05, 0) is 23.8 Å². The minimum absolute atomic E-state index is 0.114. The van der Waals surface area contributed by atoms with Crippen molar-refractivity contribution in [3.8, 4) is 11.8 Å². The summed E-state index contributed by atoms with van der Waals surface area (Å²) in [5.74, 6) is 0.182. The van der Waals surface area contributed by atoms with Gasteiger partial charge < -0.3 is 10.4 Å². The number of hydrogen-bond donors (Lipinski definition) is 2. The van der Waals surface area contributed by atoms with E-state index in [4.69, 9.17) is 5.26 Å². The normalized spacial score (nSPS) is 9.75. The average molecular weight is 269 g/mol. The first-order chi connectivity index (χ1) is 9.60. The Hall–Kier alpha value is -3.07. The number of nitrogens with zero attached hydrogens (tertiary/aromatic N) is 2. The molecule has 2 aromatic rings. The van der Waals surface area contributed by atoms with E-state index in [0.717, 1.165) is 5.56 Å². The van der Waals surface area contributed by atoms with Gasteiger partial charge in [0.05, 0.1) is 16.2 Å². The van der Waals surface area contributed by atoms with Crippen LogP contribution in [0.15, 0.2) is 42.5 Å². The molecule has 0 saturated heterocycles. The van der Waals surface area contributed by atoms with Crippen molar-refractivity contribution in [3.63, 3.8) is 0 Å². The fraction of sp³-hybridized carbons (Fsp3) is 0.0714. The lowest BCUT2D eigenvalue weighted by atomic mass is 10.1. The molecular weight excluding hydrogens is 258 g/mol. The Morgan fingerprint density at radius 1 is 1.25 bits per heavy atom. The maximum Gasteiger partial charge on any atom is 0.270 e. The standard InChI is InChI=1S/C14H11N3O3/c15-8-11-7-12(17(19)20)3-6-14(11)16-9-10-1-4-13(18)5-2-10/h1-7,16,18H,9H2. The molecule has 0 unspecified atom stereocenters. The second-order valence-electron chi connectivity index (χ2n) is 4.12. The zero-order valence-corrected chi connectivity index (χ0v) is 10.4. The fourth-order valence-corrected chi connectivity index (χ4v) is 1.70. The number of phenolic OH excluding ortho intramolecular Hbond substituents is 1. The lowest BCUT2D eigenvalue weighted by molar-refractivity contribution is -0.384. The minimum atomic E-state index is -0.537. The summed E-state index contributed by atoms with van der Waals surface area (Å²) in [5.41, 5.74) is 1.56. The predicted octanol–water partition coefficient (Wildman–Crippen LogP) is 2.78. The molecule has 2 aromatic carbocycles. The molecule has 0 spiro atoms. The van der Waals surface area contributed by atoms with Gasteiger partial charge >= 0.3 is 0 Å². The number of nitro groups is 1. The smallest absolute Gasteiger partial charge is 0.270 e. The number of phenols is 1. The molecule has 0 heterocycles. The fourth-order valence-electron chi connectivity index (χ4n) is 1.70. The molecular formula is C14H11N3O3. The van der Waals surface area contributed by atoms with Crippen LogP contribution < -0.4 is 5.32 Å². The first-order valence-corrected chi connectivity index (χ1v) is 5.80. The highest BCUT2D eigenvalue weighted by Gasteiger charge is 2.10. The summed E-state index contributed by atoms with van der Waals surface area (Å²) in [4.78, 5) is 10.1. The van der Waals surface area contributed by atoms with Gasteiger partial charge in [-0.15, -0.1) is 0 Å². The Morgan fingerprint density at radius 3 is 2.55 bits per heavy atom. The van der Waals surface area contributed by atoms with Crippen molar-refractivity contribution in [2.24, 2.45) is 0 Å². The predicted molar refractivity (Wildman–Crippen MR) is 73.2 cm³/mol. The molecule has 0 aliphatic heterocycles. The molecule has 0 saturated carbocycles. The molecule has 0 aliphatic rings. The molecule has 0 aliphatic carbocycles. The van der Waals surface area contributed by atoms with E-state index in [1.54, 1.807) is 24.3 Å². The third kappa shape index (κ3) is 3.03. The first kappa shape index (κ1) is 13.4. The quantitative estimate of drug-likeness (QED) is 0.656. The molecule has 0 amide bonds. The third-order valence-electron chi connectivity index (χ3n) is 2.75. The number of rotatable bonds is 4. The van der Waals surface area contributed by atoms with E-state index in [1.807, 2.05) is 6.07 Å².